The number of nitrogens with zero attached hydrogens (tertiary/aromatic N) is 4. The first kappa shape index (κ1) is 14.7. The number of nitro benzene ring substituents is 1. The van der Waals surface area contributed by atoms with E-state index in [2.05, 4.69) is 15.5 Å². The molecule has 1 aromatic carbocycles. The first-order valence-electron chi connectivity index (χ1n) is 6.74. The molecule has 0 unspecified atom stereocenters. The average molecular weight is 315 g/mol. The molecule has 9 nitrogen and oxygen atoms in total. The molecule has 9 heteroatoms. The molecule has 2 aromatic rings. The number of anilines is 1. The normalized spacial score (nSPS) is 16.5. The summed E-state index contributed by atoms with van der Waals surface area (Å²) in [6.07, 6.45) is 1.45. The number of para-hydroxylation sites is 1. The molecule has 1 aromatic heterocycles. The van der Waals surface area contributed by atoms with E-state index in [-0.39, 0.29) is 11.3 Å². The van der Waals surface area contributed by atoms with E-state index in [1.807, 2.05) is 0 Å². The maximum Gasteiger partial charge on any atom is 0.337 e. The van der Waals surface area contributed by atoms with Crippen molar-refractivity contribution in [3.8, 4) is 0 Å². The molecule has 3 rings (SSSR count). The number of methoxy groups -OCH3 is 1. The van der Waals surface area contributed by atoms with Crippen molar-refractivity contribution in [1.29, 1.82) is 0 Å². The number of esters is 1. The Morgan fingerprint density at radius 3 is 2.87 bits per heavy atom. The van der Waals surface area contributed by atoms with Gasteiger partial charge in [0.15, 0.2) is 0 Å². The molecule has 0 amide bonds. The topological polar surface area (TPSA) is 112 Å². The van der Waals surface area contributed by atoms with Crippen LogP contribution in [0.3, 0.4) is 0 Å². The van der Waals surface area contributed by atoms with E-state index in [0.717, 1.165) is 0 Å². The van der Waals surface area contributed by atoms with Crippen molar-refractivity contribution in [2.45, 2.75) is 13.0 Å². The standard InChI is InChI=1S/C14H13N5O4/c1-8-11(13(20)23-2)12(16-14-17-15-7-18(8)14)9-5-3-4-6-10(9)19(21)22/h3-7,12H,1-2H3,(H,16,17)/t12-/m0/s1. The van der Waals surface area contributed by atoms with Crippen LogP contribution in [0.25, 0.3) is 5.70 Å². The molecule has 2 heterocycles. The number of fused-ring (bicyclic) bond motifs is 1. The summed E-state index contributed by atoms with van der Waals surface area (Å²) >= 11 is 0. The first-order chi connectivity index (χ1) is 11.0. The highest BCUT2D eigenvalue weighted by atomic mass is 16.6. The lowest BCUT2D eigenvalue weighted by molar-refractivity contribution is -0.385. The van der Waals surface area contributed by atoms with Crippen molar-refractivity contribution in [2.24, 2.45) is 0 Å². The monoisotopic (exact) mass is 315 g/mol. The largest absolute Gasteiger partial charge is 0.466 e. The molecule has 1 aliphatic heterocycles. The maximum atomic E-state index is 12.2. The lowest BCUT2D eigenvalue weighted by Crippen LogP contribution is -2.28. The van der Waals surface area contributed by atoms with Gasteiger partial charge in [0.2, 0.25) is 5.95 Å². The quantitative estimate of drug-likeness (QED) is 0.521. The molecule has 0 aliphatic carbocycles. The molecular formula is C14H13N5O4. The lowest BCUT2D eigenvalue weighted by atomic mass is 9.94. The van der Waals surface area contributed by atoms with Crippen LogP contribution in [0, 0.1) is 10.1 Å². The van der Waals surface area contributed by atoms with Gasteiger partial charge in [0.1, 0.15) is 6.33 Å². The second-order valence-corrected chi connectivity index (χ2v) is 4.91. The summed E-state index contributed by atoms with van der Waals surface area (Å²) in [6.45, 7) is 1.71. The van der Waals surface area contributed by atoms with Gasteiger partial charge in [0.05, 0.1) is 29.2 Å². The van der Waals surface area contributed by atoms with Crippen LogP contribution in [0.15, 0.2) is 36.2 Å². The average Bonchev–Trinajstić information content (AvgIpc) is 3.03. The Balaban J connectivity index is 2.21. The second kappa shape index (κ2) is 5.52. The number of aromatic nitrogens is 3. The van der Waals surface area contributed by atoms with E-state index >= 15 is 0 Å². The zero-order valence-electron chi connectivity index (χ0n) is 12.4. The molecule has 23 heavy (non-hydrogen) atoms. The summed E-state index contributed by atoms with van der Waals surface area (Å²) in [7, 11) is 1.26. The third kappa shape index (κ3) is 2.31. The summed E-state index contributed by atoms with van der Waals surface area (Å²) in [4.78, 5) is 23.0. The van der Waals surface area contributed by atoms with Gasteiger partial charge in [0, 0.05) is 11.8 Å². The van der Waals surface area contributed by atoms with Crippen molar-refractivity contribution in [1.82, 2.24) is 14.8 Å². The fourth-order valence-corrected chi connectivity index (χ4v) is 2.63. The van der Waals surface area contributed by atoms with Gasteiger partial charge in [-0.25, -0.2) is 4.79 Å². The predicted molar refractivity (Wildman–Crippen MR) is 80.4 cm³/mol. The first-order valence-corrected chi connectivity index (χ1v) is 6.74. The van der Waals surface area contributed by atoms with Crippen LogP contribution >= 0.6 is 0 Å². The number of carbonyl (C=O) groups is 1. The molecule has 1 N–H and O–H groups in total. The van der Waals surface area contributed by atoms with Gasteiger partial charge in [-0.15, -0.1) is 10.2 Å². The smallest absolute Gasteiger partial charge is 0.337 e. The van der Waals surface area contributed by atoms with Crippen molar-refractivity contribution in [2.75, 3.05) is 12.4 Å². The summed E-state index contributed by atoms with van der Waals surface area (Å²) in [6, 6.07) is 5.48. The third-order valence-electron chi connectivity index (χ3n) is 3.71. The number of nitro groups is 1. The molecule has 118 valence electrons. The summed E-state index contributed by atoms with van der Waals surface area (Å²) in [5.74, 6) is -0.171. The molecule has 0 saturated heterocycles. The number of nitrogens with one attached hydrogen (secondary N) is 1. The Kier molecular flexibility index (Phi) is 3.53. The van der Waals surface area contributed by atoms with Gasteiger partial charge in [0.25, 0.3) is 5.69 Å². The summed E-state index contributed by atoms with van der Waals surface area (Å²) < 4.78 is 6.44. The zero-order valence-corrected chi connectivity index (χ0v) is 12.4. The van der Waals surface area contributed by atoms with Crippen LogP contribution in [0.1, 0.15) is 18.5 Å². The SMILES string of the molecule is COC(=O)C1=C(C)n2cnnc2N[C@H]1c1ccccc1[N+](=O)[O-]. The van der Waals surface area contributed by atoms with Gasteiger partial charge >= 0.3 is 5.97 Å². The van der Waals surface area contributed by atoms with Gasteiger partial charge < -0.3 is 10.1 Å². The van der Waals surface area contributed by atoms with Crippen LogP contribution in [-0.4, -0.2) is 32.8 Å². The van der Waals surface area contributed by atoms with E-state index < -0.39 is 16.9 Å². The Hall–Kier alpha value is -3.23. The van der Waals surface area contributed by atoms with E-state index in [0.29, 0.717) is 17.2 Å². The minimum Gasteiger partial charge on any atom is -0.466 e. The highest BCUT2D eigenvalue weighted by molar-refractivity contribution is 5.98. The molecule has 0 bridgehead atoms. The number of rotatable bonds is 3. The van der Waals surface area contributed by atoms with Crippen molar-refractivity contribution >= 4 is 23.3 Å². The van der Waals surface area contributed by atoms with Crippen LogP contribution in [0.2, 0.25) is 0 Å². The van der Waals surface area contributed by atoms with Crippen molar-refractivity contribution < 1.29 is 14.5 Å². The van der Waals surface area contributed by atoms with Crippen molar-refractivity contribution in [3.63, 3.8) is 0 Å². The molecule has 1 atom stereocenters. The van der Waals surface area contributed by atoms with Gasteiger partial charge in [-0.05, 0) is 13.0 Å². The zero-order chi connectivity index (χ0) is 16.6. The van der Waals surface area contributed by atoms with Gasteiger partial charge in [-0.1, -0.05) is 12.1 Å². The fourth-order valence-electron chi connectivity index (χ4n) is 2.63. The Morgan fingerprint density at radius 1 is 1.43 bits per heavy atom. The molecule has 0 fully saturated rings. The minimum atomic E-state index is -0.749. The number of hydrogen-bond donors (Lipinski definition) is 1. The Labute approximate surface area is 130 Å². The lowest BCUT2D eigenvalue weighted by Gasteiger charge is -2.27. The summed E-state index contributed by atoms with van der Waals surface area (Å²) in [5, 5.41) is 22.0. The van der Waals surface area contributed by atoms with Crippen molar-refractivity contribution in [3.05, 3.63) is 51.8 Å². The van der Waals surface area contributed by atoms with E-state index in [9.17, 15) is 14.9 Å². The van der Waals surface area contributed by atoms with Gasteiger partial charge in [-0.2, -0.15) is 0 Å². The van der Waals surface area contributed by atoms with Crippen LogP contribution in [0.4, 0.5) is 11.6 Å². The number of carbonyl (C=O) groups excluding carboxylic acids is 1. The maximum absolute atomic E-state index is 12.2. The summed E-state index contributed by atoms with van der Waals surface area (Å²) in [5.41, 5.74) is 1.09. The number of benzene rings is 1. The van der Waals surface area contributed by atoms with E-state index in [1.165, 1.54) is 19.5 Å². The number of hydrogen-bond acceptors (Lipinski definition) is 7. The minimum absolute atomic E-state index is 0.0906. The van der Waals surface area contributed by atoms with E-state index in [4.69, 9.17) is 4.74 Å². The number of ether oxygens (including phenoxy) is 1. The molecule has 0 radical (unpaired) electrons. The Bertz CT molecular complexity index is 826. The van der Waals surface area contributed by atoms with Crippen LogP contribution in [0.5, 0.6) is 0 Å². The van der Waals surface area contributed by atoms with Gasteiger partial charge in [-0.3, -0.25) is 14.7 Å². The fraction of sp³-hybridized carbons (Fsp3) is 0.214. The highest BCUT2D eigenvalue weighted by Gasteiger charge is 2.35. The van der Waals surface area contributed by atoms with Crippen LogP contribution in [-0.2, 0) is 9.53 Å². The van der Waals surface area contributed by atoms with Crippen LogP contribution < -0.4 is 5.32 Å². The molecule has 0 spiro atoms. The Morgan fingerprint density at radius 2 is 2.17 bits per heavy atom. The molecule has 1 aliphatic rings. The predicted octanol–water partition coefficient (Wildman–Crippen LogP) is 1.76. The highest BCUT2D eigenvalue weighted by Crippen LogP contribution is 2.38. The number of allylic oxidation sites excluding steroid dienone is 1. The van der Waals surface area contributed by atoms with E-state index in [1.54, 1.807) is 29.7 Å². The second-order valence-electron chi connectivity index (χ2n) is 4.91. The molecule has 0 saturated carbocycles. The molecular weight excluding hydrogens is 302 g/mol. The third-order valence-corrected chi connectivity index (χ3v) is 3.71.